The van der Waals surface area contributed by atoms with Crippen molar-refractivity contribution in [1.82, 2.24) is 4.90 Å². The van der Waals surface area contributed by atoms with E-state index in [1.807, 2.05) is 0 Å². The molecule has 2 aliphatic carbocycles. The smallest absolute Gasteiger partial charge is 0.00923 e. The van der Waals surface area contributed by atoms with Gasteiger partial charge in [-0.05, 0) is 57.5 Å². The molecule has 16 heavy (non-hydrogen) atoms. The van der Waals surface area contributed by atoms with Crippen LogP contribution in [-0.4, -0.2) is 31.1 Å². The van der Waals surface area contributed by atoms with E-state index in [0.29, 0.717) is 5.41 Å². The van der Waals surface area contributed by atoms with Crippen LogP contribution in [0.25, 0.3) is 0 Å². The minimum Gasteiger partial charge on any atom is -0.330 e. The van der Waals surface area contributed by atoms with Gasteiger partial charge in [-0.15, -0.1) is 0 Å². The fourth-order valence-electron chi connectivity index (χ4n) is 3.34. The van der Waals surface area contributed by atoms with Crippen LogP contribution in [0.4, 0.5) is 0 Å². The second kappa shape index (κ2) is 5.05. The summed E-state index contributed by atoms with van der Waals surface area (Å²) in [6.07, 6.45) is 9.80. The van der Waals surface area contributed by atoms with Crippen LogP contribution in [0, 0.1) is 11.3 Å². The molecule has 0 aromatic rings. The molecule has 2 aliphatic rings. The summed E-state index contributed by atoms with van der Waals surface area (Å²) in [6, 6.07) is 0.769. The maximum Gasteiger partial charge on any atom is 0.00923 e. The average Bonchev–Trinajstić information content (AvgIpc) is 3.13. The summed E-state index contributed by atoms with van der Waals surface area (Å²) in [6.45, 7) is 4.50. The van der Waals surface area contributed by atoms with E-state index < -0.39 is 0 Å². The zero-order valence-electron chi connectivity index (χ0n) is 11.0. The van der Waals surface area contributed by atoms with Crippen LogP contribution in [-0.2, 0) is 0 Å². The van der Waals surface area contributed by atoms with Gasteiger partial charge in [0.15, 0.2) is 0 Å². The Labute approximate surface area is 101 Å². The highest BCUT2D eigenvalue weighted by molar-refractivity contribution is 4.90. The molecule has 0 bridgehead atoms. The first-order chi connectivity index (χ1) is 7.67. The van der Waals surface area contributed by atoms with Crippen molar-refractivity contribution < 1.29 is 0 Å². The van der Waals surface area contributed by atoms with Crippen LogP contribution in [0.2, 0.25) is 0 Å². The monoisotopic (exact) mass is 224 g/mol. The SMILES string of the molecule is CC(C1CC1)N(C)CC1(CN)CCCCC1. The average molecular weight is 224 g/mol. The molecule has 2 rings (SSSR count). The third kappa shape index (κ3) is 2.78. The van der Waals surface area contributed by atoms with E-state index >= 15 is 0 Å². The van der Waals surface area contributed by atoms with Crippen molar-refractivity contribution >= 4 is 0 Å². The summed E-state index contributed by atoms with van der Waals surface area (Å²) in [5.74, 6) is 0.975. The zero-order valence-corrected chi connectivity index (χ0v) is 11.0. The first-order valence-corrected chi connectivity index (χ1v) is 7.07. The zero-order chi connectivity index (χ0) is 11.6. The van der Waals surface area contributed by atoms with Gasteiger partial charge in [-0.25, -0.2) is 0 Å². The standard InChI is InChI=1S/C14H28N2/c1-12(13-6-7-13)16(2)11-14(10-15)8-4-3-5-9-14/h12-13H,3-11,15H2,1-2H3. The van der Waals surface area contributed by atoms with Crippen LogP contribution >= 0.6 is 0 Å². The predicted molar refractivity (Wildman–Crippen MR) is 69.4 cm³/mol. The van der Waals surface area contributed by atoms with Gasteiger partial charge in [0.25, 0.3) is 0 Å². The van der Waals surface area contributed by atoms with E-state index in [1.165, 1.54) is 51.5 Å². The molecule has 0 aliphatic heterocycles. The van der Waals surface area contributed by atoms with Gasteiger partial charge >= 0.3 is 0 Å². The lowest BCUT2D eigenvalue weighted by Crippen LogP contribution is -2.45. The minimum absolute atomic E-state index is 0.441. The van der Waals surface area contributed by atoms with Crippen LogP contribution < -0.4 is 5.73 Å². The molecule has 0 heterocycles. The topological polar surface area (TPSA) is 29.3 Å². The van der Waals surface area contributed by atoms with Crippen molar-refractivity contribution in [3.8, 4) is 0 Å². The summed E-state index contributed by atoms with van der Waals surface area (Å²) in [7, 11) is 2.30. The second-order valence-corrected chi connectivity index (χ2v) is 6.26. The molecule has 0 amide bonds. The highest BCUT2D eigenvalue weighted by atomic mass is 15.1. The molecule has 0 aromatic heterocycles. The Bertz CT molecular complexity index is 217. The lowest BCUT2D eigenvalue weighted by atomic mass is 9.73. The van der Waals surface area contributed by atoms with Crippen LogP contribution in [0.5, 0.6) is 0 Å². The Hall–Kier alpha value is -0.0800. The molecule has 2 fully saturated rings. The van der Waals surface area contributed by atoms with E-state index in [4.69, 9.17) is 5.73 Å². The fourth-order valence-corrected chi connectivity index (χ4v) is 3.34. The molecule has 2 N–H and O–H groups in total. The molecule has 0 spiro atoms. The summed E-state index contributed by atoms with van der Waals surface area (Å²) in [5, 5.41) is 0. The fraction of sp³-hybridized carbons (Fsp3) is 1.00. The highest BCUT2D eigenvalue weighted by Crippen LogP contribution is 2.39. The Morgan fingerprint density at radius 3 is 2.38 bits per heavy atom. The van der Waals surface area contributed by atoms with E-state index in [0.717, 1.165) is 18.5 Å². The first kappa shape index (κ1) is 12.4. The number of rotatable bonds is 5. The van der Waals surface area contributed by atoms with E-state index in [2.05, 4.69) is 18.9 Å². The Balaban J connectivity index is 1.88. The van der Waals surface area contributed by atoms with Crippen molar-refractivity contribution in [2.24, 2.45) is 17.1 Å². The van der Waals surface area contributed by atoms with Crippen molar-refractivity contribution in [2.75, 3.05) is 20.1 Å². The summed E-state index contributed by atoms with van der Waals surface area (Å²) in [5.41, 5.74) is 6.49. The van der Waals surface area contributed by atoms with Crippen molar-refractivity contribution in [3.63, 3.8) is 0 Å². The number of hydrogen-bond donors (Lipinski definition) is 1. The lowest BCUT2D eigenvalue weighted by molar-refractivity contribution is 0.0990. The third-order valence-corrected chi connectivity index (χ3v) is 4.93. The molecular formula is C14H28N2. The van der Waals surface area contributed by atoms with E-state index in [1.54, 1.807) is 0 Å². The molecule has 1 atom stereocenters. The van der Waals surface area contributed by atoms with Gasteiger partial charge in [-0.3, -0.25) is 0 Å². The first-order valence-electron chi connectivity index (χ1n) is 7.07. The third-order valence-electron chi connectivity index (χ3n) is 4.93. The molecule has 0 saturated heterocycles. The number of hydrogen-bond acceptors (Lipinski definition) is 2. The summed E-state index contributed by atoms with van der Waals surface area (Å²) >= 11 is 0. The molecule has 2 heteroatoms. The van der Waals surface area contributed by atoms with Gasteiger partial charge in [0, 0.05) is 12.6 Å². The van der Waals surface area contributed by atoms with Gasteiger partial charge in [-0.1, -0.05) is 19.3 Å². The molecule has 0 aromatic carbocycles. The molecule has 94 valence electrons. The van der Waals surface area contributed by atoms with Crippen molar-refractivity contribution in [3.05, 3.63) is 0 Å². The van der Waals surface area contributed by atoms with E-state index in [-0.39, 0.29) is 0 Å². The lowest BCUT2D eigenvalue weighted by Gasteiger charge is -2.41. The van der Waals surface area contributed by atoms with Crippen LogP contribution in [0.15, 0.2) is 0 Å². The summed E-state index contributed by atoms with van der Waals surface area (Å²) < 4.78 is 0. The van der Waals surface area contributed by atoms with Gasteiger partial charge in [0.1, 0.15) is 0 Å². The predicted octanol–water partition coefficient (Wildman–Crippen LogP) is 2.63. The molecule has 1 unspecified atom stereocenters. The van der Waals surface area contributed by atoms with Gasteiger partial charge in [0.05, 0.1) is 0 Å². The van der Waals surface area contributed by atoms with Crippen LogP contribution in [0.3, 0.4) is 0 Å². The van der Waals surface area contributed by atoms with Crippen molar-refractivity contribution in [1.29, 1.82) is 0 Å². The molecule has 0 radical (unpaired) electrons. The maximum absolute atomic E-state index is 6.05. The largest absolute Gasteiger partial charge is 0.330 e. The van der Waals surface area contributed by atoms with Gasteiger partial charge in [-0.2, -0.15) is 0 Å². The number of nitrogens with zero attached hydrogens (tertiary/aromatic N) is 1. The Morgan fingerprint density at radius 2 is 1.88 bits per heavy atom. The van der Waals surface area contributed by atoms with E-state index in [9.17, 15) is 0 Å². The molecule has 2 saturated carbocycles. The highest BCUT2D eigenvalue weighted by Gasteiger charge is 2.36. The molecular weight excluding hydrogens is 196 g/mol. The summed E-state index contributed by atoms with van der Waals surface area (Å²) in [4.78, 5) is 2.58. The van der Waals surface area contributed by atoms with Gasteiger partial charge in [0.2, 0.25) is 0 Å². The van der Waals surface area contributed by atoms with Crippen molar-refractivity contribution in [2.45, 2.75) is 57.9 Å². The second-order valence-electron chi connectivity index (χ2n) is 6.26. The van der Waals surface area contributed by atoms with Gasteiger partial charge < -0.3 is 10.6 Å². The van der Waals surface area contributed by atoms with Crippen LogP contribution in [0.1, 0.15) is 51.9 Å². The maximum atomic E-state index is 6.05. The quantitative estimate of drug-likeness (QED) is 0.778. The molecule has 2 nitrogen and oxygen atoms in total. The normalized spacial score (nSPS) is 27.0. The Kier molecular flexibility index (Phi) is 3.91. The number of nitrogens with two attached hydrogens (primary N) is 1. The Morgan fingerprint density at radius 1 is 1.25 bits per heavy atom. The minimum atomic E-state index is 0.441.